The van der Waals surface area contributed by atoms with Crippen molar-refractivity contribution in [1.29, 1.82) is 0 Å². The highest BCUT2D eigenvalue weighted by molar-refractivity contribution is 7.10. The maximum atomic E-state index is 13.3. The summed E-state index contributed by atoms with van der Waals surface area (Å²) in [5, 5.41) is 3.98. The van der Waals surface area contributed by atoms with Crippen LogP contribution in [0.15, 0.2) is 65.4 Å². The van der Waals surface area contributed by atoms with Gasteiger partial charge in [0.05, 0.1) is 19.5 Å². The van der Waals surface area contributed by atoms with Crippen LogP contribution in [0.5, 0.6) is 0 Å². The van der Waals surface area contributed by atoms with Crippen LogP contribution in [-0.2, 0) is 33.8 Å². The minimum absolute atomic E-state index is 0.0253. The van der Waals surface area contributed by atoms with Crippen LogP contribution < -0.4 is 0 Å². The van der Waals surface area contributed by atoms with E-state index >= 15 is 0 Å². The molecule has 0 spiro atoms. The largest absolute Gasteiger partial charge is 0.385 e. The molecule has 0 saturated heterocycles. The second-order valence-corrected chi connectivity index (χ2v) is 9.30. The van der Waals surface area contributed by atoms with Crippen molar-refractivity contribution in [3.63, 3.8) is 0 Å². The molecule has 2 amide bonds. The molecule has 0 unspecified atom stereocenters. The molecular formula is C24H28N2O3S2. The second-order valence-electron chi connectivity index (χ2n) is 7.23. The summed E-state index contributed by atoms with van der Waals surface area (Å²) in [4.78, 5) is 31.9. The van der Waals surface area contributed by atoms with Gasteiger partial charge in [0.1, 0.15) is 0 Å². The molecule has 31 heavy (non-hydrogen) atoms. The minimum atomic E-state index is -0.0470. The Kier molecular flexibility index (Phi) is 9.27. The van der Waals surface area contributed by atoms with Crippen molar-refractivity contribution >= 4 is 34.5 Å². The lowest BCUT2D eigenvalue weighted by molar-refractivity contribution is -0.141. The van der Waals surface area contributed by atoms with Gasteiger partial charge in [0.15, 0.2) is 0 Å². The number of benzene rings is 1. The van der Waals surface area contributed by atoms with Crippen LogP contribution in [0.25, 0.3) is 0 Å². The highest BCUT2D eigenvalue weighted by atomic mass is 32.1. The number of rotatable bonds is 12. The van der Waals surface area contributed by atoms with Gasteiger partial charge < -0.3 is 14.5 Å². The van der Waals surface area contributed by atoms with E-state index < -0.39 is 0 Å². The topological polar surface area (TPSA) is 49.9 Å². The SMILES string of the molecule is COCCCN(CC(=O)N(Cc1ccccc1)Cc1cccs1)C(=O)Cc1cccs1. The number of hydrogen-bond acceptors (Lipinski definition) is 5. The minimum Gasteiger partial charge on any atom is -0.385 e. The number of methoxy groups -OCH3 is 1. The Labute approximate surface area is 191 Å². The number of thiophene rings is 2. The van der Waals surface area contributed by atoms with Crippen molar-refractivity contribution in [2.24, 2.45) is 0 Å². The van der Waals surface area contributed by atoms with E-state index in [0.29, 0.717) is 39.1 Å². The lowest BCUT2D eigenvalue weighted by Crippen LogP contribution is -2.43. The van der Waals surface area contributed by atoms with E-state index in [4.69, 9.17) is 4.74 Å². The molecule has 0 atom stereocenters. The van der Waals surface area contributed by atoms with Gasteiger partial charge in [-0.25, -0.2) is 0 Å². The van der Waals surface area contributed by atoms with Gasteiger partial charge in [-0.1, -0.05) is 42.5 Å². The zero-order valence-electron chi connectivity index (χ0n) is 17.7. The number of hydrogen-bond donors (Lipinski definition) is 0. The number of ether oxygens (including phenoxy) is 1. The molecule has 0 bridgehead atoms. The van der Waals surface area contributed by atoms with E-state index in [9.17, 15) is 9.59 Å². The van der Waals surface area contributed by atoms with Crippen LogP contribution in [0.1, 0.15) is 21.7 Å². The smallest absolute Gasteiger partial charge is 0.242 e. The van der Waals surface area contributed by atoms with Crippen LogP contribution in [0.4, 0.5) is 0 Å². The van der Waals surface area contributed by atoms with Gasteiger partial charge in [0.25, 0.3) is 0 Å². The zero-order valence-corrected chi connectivity index (χ0v) is 19.4. The summed E-state index contributed by atoms with van der Waals surface area (Å²) in [6.07, 6.45) is 1.02. The van der Waals surface area contributed by atoms with Crippen molar-refractivity contribution in [1.82, 2.24) is 9.80 Å². The average molecular weight is 457 g/mol. The van der Waals surface area contributed by atoms with Crippen LogP contribution >= 0.6 is 22.7 Å². The summed E-state index contributed by atoms with van der Waals surface area (Å²) in [5.41, 5.74) is 1.07. The molecule has 0 N–H and O–H groups in total. The van der Waals surface area contributed by atoms with Crippen LogP contribution in [0.2, 0.25) is 0 Å². The molecule has 0 fully saturated rings. The molecule has 5 nitrogen and oxygen atoms in total. The fourth-order valence-corrected chi connectivity index (χ4v) is 4.67. The molecule has 0 aliphatic carbocycles. The van der Waals surface area contributed by atoms with Crippen LogP contribution in [0, 0.1) is 0 Å². The van der Waals surface area contributed by atoms with Gasteiger partial charge in [-0.2, -0.15) is 0 Å². The van der Waals surface area contributed by atoms with E-state index in [0.717, 1.165) is 15.3 Å². The van der Waals surface area contributed by atoms with Gasteiger partial charge in [0, 0.05) is 36.6 Å². The molecule has 2 aromatic heterocycles. The van der Waals surface area contributed by atoms with Gasteiger partial charge in [-0.15, -0.1) is 22.7 Å². The highest BCUT2D eigenvalue weighted by Crippen LogP contribution is 2.16. The number of carbonyl (C=O) groups excluding carboxylic acids is 2. The van der Waals surface area contributed by atoms with Crippen LogP contribution in [-0.4, -0.2) is 48.4 Å². The standard InChI is InChI=1S/C24H28N2O3S2/c1-29-13-7-12-25(23(27)16-21-10-5-14-30-21)19-24(28)26(18-22-11-6-15-31-22)17-20-8-3-2-4-9-20/h2-6,8-11,14-15H,7,12-13,16-19H2,1H3. The van der Waals surface area contributed by atoms with Crippen molar-refractivity contribution in [2.45, 2.75) is 25.9 Å². The Morgan fingerprint density at radius 3 is 2.19 bits per heavy atom. The van der Waals surface area contributed by atoms with Gasteiger partial charge >= 0.3 is 0 Å². The van der Waals surface area contributed by atoms with E-state index in [-0.39, 0.29) is 18.4 Å². The maximum Gasteiger partial charge on any atom is 0.242 e. The monoisotopic (exact) mass is 456 g/mol. The van der Waals surface area contributed by atoms with Crippen LogP contribution in [0.3, 0.4) is 0 Å². The first-order valence-corrected chi connectivity index (χ1v) is 12.0. The lowest BCUT2D eigenvalue weighted by Gasteiger charge is -2.27. The zero-order chi connectivity index (χ0) is 21.9. The lowest BCUT2D eigenvalue weighted by atomic mass is 10.2. The maximum absolute atomic E-state index is 13.3. The van der Waals surface area contributed by atoms with E-state index in [1.807, 2.05) is 70.3 Å². The summed E-state index contributed by atoms with van der Waals surface area (Å²) in [5.74, 6) is -0.0723. The fraction of sp³-hybridized carbons (Fsp3) is 0.333. The number of amides is 2. The summed E-state index contributed by atoms with van der Waals surface area (Å²) in [6, 6.07) is 17.9. The molecule has 2 heterocycles. The number of carbonyl (C=O) groups is 2. The Balaban J connectivity index is 1.71. The Bertz CT molecular complexity index is 912. The molecule has 0 saturated carbocycles. The van der Waals surface area contributed by atoms with E-state index in [2.05, 4.69) is 0 Å². The Morgan fingerprint density at radius 1 is 0.839 bits per heavy atom. The summed E-state index contributed by atoms with van der Waals surface area (Å²) in [6.45, 7) is 2.19. The predicted molar refractivity (Wildman–Crippen MR) is 126 cm³/mol. The number of nitrogens with zero attached hydrogens (tertiary/aromatic N) is 2. The van der Waals surface area contributed by atoms with Crippen molar-refractivity contribution in [3.8, 4) is 0 Å². The third kappa shape index (κ3) is 7.61. The molecule has 3 aromatic rings. The summed E-state index contributed by atoms with van der Waals surface area (Å²) in [7, 11) is 1.64. The molecule has 7 heteroatoms. The normalized spacial score (nSPS) is 10.7. The van der Waals surface area contributed by atoms with Gasteiger partial charge in [-0.3, -0.25) is 9.59 Å². The predicted octanol–water partition coefficient (Wildman–Crippen LogP) is 4.45. The molecule has 0 radical (unpaired) electrons. The Hall–Kier alpha value is -2.48. The van der Waals surface area contributed by atoms with Gasteiger partial charge in [-0.05, 0) is 34.9 Å². The van der Waals surface area contributed by atoms with Crippen molar-refractivity contribution < 1.29 is 14.3 Å². The average Bonchev–Trinajstić information content (AvgIpc) is 3.47. The van der Waals surface area contributed by atoms with Gasteiger partial charge in [0.2, 0.25) is 11.8 Å². The molecular weight excluding hydrogens is 428 g/mol. The molecule has 164 valence electrons. The third-order valence-corrected chi connectivity index (χ3v) is 6.59. The molecule has 1 aromatic carbocycles. The van der Waals surface area contributed by atoms with Crippen molar-refractivity contribution in [2.75, 3.05) is 26.8 Å². The van der Waals surface area contributed by atoms with E-state index in [1.165, 1.54) is 0 Å². The molecule has 0 aliphatic heterocycles. The first kappa shape index (κ1) is 23.2. The summed E-state index contributed by atoms with van der Waals surface area (Å²) < 4.78 is 5.15. The Morgan fingerprint density at radius 2 is 1.55 bits per heavy atom. The second kappa shape index (κ2) is 12.4. The molecule has 0 aliphatic rings. The van der Waals surface area contributed by atoms with Crippen molar-refractivity contribution in [3.05, 3.63) is 80.7 Å². The van der Waals surface area contributed by atoms with E-state index in [1.54, 1.807) is 34.7 Å². The molecule has 3 rings (SSSR count). The quantitative estimate of drug-likeness (QED) is 0.379. The fourth-order valence-electron chi connectivity index (χ4n) is 3.26. The highest BCUT2D eigenvalue weighted by Gasteiger charge is 2.22. The first-order chi connectivity index (χ1) is 15.2. The third-order valence-electron chi connectivity index (χ3n) is 4.86. The first-order valence-electron chi connectivity index (χ1n) is 10.3. The summed E-state index contributed by atoms with van der Waals surface area (Å²) >= 11 is 3.20.